The Morgan fingerprint density at radius 3 is 2.59 bits per heavy atom. The highest BCUT2D eigenvalue weighted by Gasteiger charge is 2.39. The number of dihydropyridines is 1. The number of hydrogen-bond acceptors (Lipinski definition) is 4. The zero-order valence-electron chi connectivity index (χ0n) is 19.3. The van der Waals surface area contributed by atoms with E-state index < -0.39 is 41.3 Å². The molecule has 184 valence electrons. The van der Waals surface area contributed by atoms with Crippen LogP contribution in [0.3, 0.4) is 0 Å². The Morgan fingerprint density at radius 1 is 1.21 bits per heavy atom. The van der Waals surface area contributed by atoms with Gasteiger partial charge < -0.3 is 15.4 Å². The number of amides is 3. The highest BCUT2D eigenvalue weighted by molar-refractivity contribution is 6.14. The number of alkyl carbamates (subject to hydrolysis) is 1. The molecule has 1 aliphatic heterocycles. The maximum Gasteiger partial charge on any atom is 0.433 e. The van der Waals surface area contributed by atoms with Crippen molar-refractivity contribution in [2.75, 3.05) is 6.54 Å². The monoisotopic (exact) mass is 479 g/mol. The fraction of sp³-hybridized carbons (Fsp3) is 0.500. The van der Waals surface area contributed by atoms with Gasteiger partial charge in [0.15, 0.2) is 0 Å². The molecule has 3 amide bonds. The number of halogens is 3. The van der Waals surface area contributed by atoms with Crippen LogP contribution < -0.4 is 10.6 Å². The number of carbonyl (C=O) groups is 3. The van der Waals surface area contributed by atoms with Crippen molar-refractivity contribution >= 4 is 23.6 Å². The number of aliphatic imine (C=N–C) groups is 1. The second-order valence-corrected chi connectivity index (χ2v) is 9.29. The SMILES string of the molecule is CC(C)(C)OC(=O)NCCc1cccc2c1CCCC2NC(=O)C1C=CC(C(F)(F)F)=NC1=O. The van der Waals surface area contributed by atoms with E-state index in [-0.39, 0.29) is 6.04 Å². The van der Waals surface area contributed by atoms with E-state index in [1.807, 2.05) is 18.2 Å². The minimum atomic E-state index is -4.75. The molecule has 2 atom stereocenters. The highest BCUT2D eigenvalue weighted by Crippen LogP contribution is 2.32. The number of fused-ring (bicyclic) bond motifs is 1. The minimum Gasteiger partial charge on any atom is -0.444 e. The summed E-state index contributed by atoms with van der Waals surface area (Å²) in [4.78, 5) is 39.7. The van der Waals surface area contributed by atoms with Gasteiger partial charge in [-0.05, 0) is 69.2 Å². The maximum atomic E-state index is 12.8. The molecule has 2 unspecified atom stereocenters. The van der Waals surface area contributed by atoms with E-state index in [2.05, 4.69) is 15.6 Å². The Morgan fingerprint density at radius 2 is 1.94 bits per heavy atom. The van der Waals surface area contributed by atoms with E-state index in [1.165, 1.54) is 0 Å². The molecule has 1 aromatic rings. The summed E-state index contributed by atoms with van der Waals surface area (Å²) >= 11 is 0. The predicted molar refractivity (Wildman–Crippen MR) is 119 cm³/mol. The Balaban J connectivity index is 1.65. The van der Waals surface area contributed by atoms with Crippen molar-refractivity contribution in [3.63, 3.8) is 0 Å². The minimum absolute atomic E-state index is 0.371. The smallest absolute Gasteiger partial charge is 0.433 e. The van der Waals surface area contributed by atoms with Crippen molar-refractivity contribution in [3.8, 4) is 0 Å². The third-order valence-corrected chi connectivity index (χ3v) is 5.50. The first-order valence-corrected chi connectivity index (χ1v) is 11.1. The molecule has 0 spiro atoms. The number of nitrogens with zero attached hydrogens (tertiary/aromatic N) is 1. The van der Waals surface area contributed by atoms with Crippen LogP contribution in [-0.2, 0) is 27.2 Å². The van der Waals surface area contributed by atoms with E-state index in [4.69, 9.17) is 4.74 Å². The van der Waals surface area contributed by atoms with Gasteiger partial charge in [0.1, 0.15) is 17.2 Å². The summed E-state index contributed by atoms with van der Waals surface area (Å²) in [5, 5.41) is 5.54. The van der Waals surface area contributed by atoms with E-state index >= 15 is 0 Å². The molecule has 1 heterocycles. The predicted octanol–water partition coefficient (Wildman–Crippen LogP) is 3.96. The Hall–Kier alpha value is -3.17. The van der Waals surface area contributed by atoms with Crippen LogP contribution in [0.2, 0.25) is 0 Å². The topological polar surface area (TPSA) is 96.9 Å². The van der Waals surface area contributed by atoms with Crippen molar-refractivity contribution in [2.45, 2.75) is 64.3 Å². The van der Waals surface area contributed by atoms with Crippen molar-refractivity contribution < 1.29 is 32.3 Å². The Labute approximate surface area is 195 Å². The van der Waals surface area contributed by atoms with Gasteiger partial charge in [0.2, 0.25) is 5.91 Å². The van der Waals surface area contributed by atoms with Crippen LogP contribution in [0.25, 0.3) is 0 Å². The quantitative estimate of drug-likeness (QED) is 0.625. The molecule has 34 heavy (non-hydrogen) atoms. The molecule has 1 aliphatic carbocycles. The Bertz CT molecular complexity index is 1030. The first-order chi connectivity index (χ1) is 15.8. The average Bonchev–Trinajstić information content (AvgIpc) is 2.72. The zero-order chi connectivity index (χ0) is 25.1. The molecule has 10 heteroatoms. The fourth-order valence-electron chi connectivity index (χ4n) is 4.04. The third kappa shape index (κ3) is 6.45. The number of allylic oxidation sites excluding steroid dienone is 1. The molecule has 2 N–H and O–H groups in total. The van der Waals surface area contributed by atoms with Gasteiger partial charge in [-0.2, -0.15) is 13.2 Å². The third-order valence-electron chi connectivity index (χ3n) is 5.50. The van der Waals surface area contributed by atoms with Gasteiger partial charge in [0, 0.05) is 6.54 Å². The van der Waals surface area contributed by atoms with Gasteiger partial charge in [-0.15, -0.1) is 0 Å². The number of hydrogen-bond donors (Lipinski definition) is 2. The van der Waals surface area contributed by atoms with Crippen molar-refractivity contribution in [1.82, 2.24) is 10.6 Å². The van der Waals surface area contributed by atoms with Crippen LogP contribution in [0.4, 0.5) is 18.0 Å². The number of benzene rings is 1. The second kappa shape index (κ2) is 9.99. The summed E-state index contributed by atoms with van der Waals surface area (Å²) in [6.07, 6.45) is -0.840. The summed E-state index contributed by atoms with van der Waals surface area (Å²) in [5.41, 5.74) is 1.10. The van der Waals surface area contributed by atoms with Crippen molar-refractivity contribution in [1.29, 1.82) is 0 Å². The van der Waals surface area contributed by atoms with Gasteiger partial charge in [-0.3, -0.25) is 9.59 Å². The molecular weight excluding hydrogens is 451 g/mol. The number of nitrogens with one attached hydrogen (secondary N) is 2. The largest absolute Gasteiger partial charge is 0.444 e. The van der Waals surface area contributed by atoms with Gasteiger partial charge >= 0.3 is 12.3 Å². The summed E-state index contributed by atoms with van der Waals surface area (Å²) < 4.78 is 43.5. The lowest BCUT2D eigenvalue weighted by molar-refractivity contribution is -0.132. The molecule has 0 bridgehead atoms. The first kappa shape index (κ1) is 25.5. The molecule has 0 fully saturated rings. The highest BCUT2D eigenvalue weighted by atomic mass is 19.4. The second-order valence-electron chi connectivity index (χ2n) is 9.29. The number of ether oxygens (including phenoxy) is 1. The Kier molecular flexibility index (Phi) is 7.48. The van der Waals surface area contributed by atoms with Crippen LogP contribution in [0.15, 0.2) is 35.3 Å². The normalized spacial score (nSPS) is 20.3. The number of alkyl halides is 3. The molecule has 3 rings (SSSR count). The maximum absolute atomic E-state index is 12.8. The first-order valence-electron chi connectivity index (χ1n) is 11.1. The summed E-state index contributed by atoms with van der Waals surface area (Å²) in [6.45, 7) is 5.73. The summed E-state index contributed by atoms with van der Waals surface area (Å²) in [5.74, 6) is -3.20. The van der Waals surface area contributed by atoms with Gasteiger partial charge in [0.25, 0.3) is 5.91 Å². The van der Waals surface area contributed by atoms with E-state index in [1.54, 1.807) is 20.8 Å². The lowest BCUT2D eigenvalue weighted by Crippen LogP contribution is -2.39. The van der Waals surface area contributed by atoms with Gasteiger partial charge in [-0.25, -0.2) is 9.79 Å². The molecule has 1 aromatic carbocycles. The molecule has 0 radical (unpaired) electrons. The zero-order valence-corrected chi connectivity index (χ0v) is 19.3. The standard InChI is InChI=1S/C24H28F3N3O4/c1-23(2,3)34-22(33)28-13-12-14-6-4-8-16-15(14)7-5-9-18(16)29-20(31)17-10-11-19(24(25,26)27)30-21(17)32/h4,6,8,10-11,17-18H,5,7,9,12-13H2,1-3H3,(H,28,33)(H,29,31). The number of rotatable bonds is 5. The van der Waals surface area contributed by atoms with Crippen molar-refractivity contribution in [3.05, 3.63) is 47.0 Å². The van der Waals surface area contributed by atoms with Crippen LogP contribution in [0.5, 0.6) is 0 Å². The van der Waals surface area contributed by atoms with E-state index in [9.17, 15) is 27.6 Å². The lowest BCUT2D eigenvalue weighted by atomic mass is 9.83. The summed E-state index contributed by atoms with van der Waals surface area (Å²) in [7, 11) is 0. The molecule has 2 aliphatic rings. The van der Waals surface area contributed by atoms with Crippen LogP contribution in [0.1, 0.15) is 56.3 Å². The average molecular weight is 479 g/mol. The van der Waals surface area contributed by atoms with E-state index in [0.717, 1.165) is 35.6 Å². The molecule has 7 nitrogen and oxygen atoms in total. The van der Waals surface area contributed by atoms with Crippen molar-refractivity contribution in [2.24, 2.45) is 10.9 Å². The molecule has 0 aromatic heterocycles. The fourth-order valence-corrected chi connectivity index (χ4v) is 4.04. The number of carbonyl (C=O) groups excluding carboxylic acids is 3. The van der Waals surface area contributed by atoms with Gasteiger partial charge in [0.05, 0.1) is 6.04 Å². The summed E-state index contributed by atoms with van der Waals surface area (Å²) in [6, 6.07) is 5.34. The lowest BCUT2D eigenvalue weighted by Gasteiger charge is -2.29. The van der Waals surface area contributed by atoms with Crippen LogP contribution in [-0.4, -0.2) is 41.9 Å². The molecular formula is C24H28F3N3O4. The molecule has 0 saturated heterocycles. The van der Waals surface area contributed by atoms with Gasteiger partial charge in [-0.1, -0.05) is 24.3 Å². The van der Waals surface area contributed by atoms with Crippen LogP contribution >= 0.6 is 0 Å². The van der Waals surface area contributed by atoms with Crippen LogP contribution in [0, 0.1) is 5.92 Å². The van der Waals surface area contributed by atoms with E-state index in [0.29, 0.717) is 25.5 Å². The molecule has 0 saturated carbocycles.